The van der Waals surface area contributed by atoms with Gasteiger partial charge in [-0.15, -0.1) is 0 Å². The molecule has 0 unspecified atom stereocenters. The second kappa shape index (κ2) is 4.55. The van der Waals surface area contributed by atoms with Gasteiger partial charge in [0.05, 0.1) is 11.4 Å². The Kier molecular flexibility index (Phi) is 2.78. The first-order valence-corrected chi connectivity index (χ1v) is 7.44. The number of alkyl halides is 2. The lowest BCUT2D eigenvalue weighted by Gasteiger charge is -2.16. The minimum atomic E-state index is -1.14. The lowest BCUT2D eigenvalue weighted by atomic mass is 10.2. The molecule has 2 N–H and O–H groups in total. The zero-order valence-electron chi connectivity index (χ0n) is 11.0. The van der Waals surface area contributed by atoms with Gasteiger partial charge in [-0.3, -0.25) is 0 Å². The molecule has 0 aliphatic rings. The normalized spacial score (nSPS) is 12.3. The van der Waals surface area contributed by atoms with Gasteiger partial charge in [0.25, 0.3) is 0 Å². The highest BCUT2D eigenvalue weighted by Gasteiger charge is 2.32. The van der Waals surface area contributed by atoms with Crippen molar-refractivity contribution in [3.8, 4) is 0 Å². The molecule has 0 aliphatic carbocycles. The van der Waals surface area contributed by atoms with Crippen molar-refractivity contribution in [3.05, 3.63) is 72.1 Å². The first kappa shape index (κ1) is 12.8. The molecule has 0 amide bonds. The molecule has 2 nitrogen and oxygen atoms in total. The second-order valence-corrected chi connectivity index (χ2v) is 6.44. The van der Waals surface area contributed by atoms with Gasteiger partial charge in [0, 0.05) is 11.0 Å². The summed E-state index contributed by atoms with van der Waals surface area (Å²) in [6.07, 6.45) is 0. The maximum atomic E-state index is 6.63. The molecule has 2 aromatic heterocycles. The van der Waals surface area contributed by atoms with E-state index in [1.54, 1.807) is 0 Å². The van der Waals surface area contributed by atoms with Gasteiger partial charge in [-0.25, -0.2) is 0 Å². The SMILES string of the molecule is ClC(Cl)(c1cc2ccccc2[nH]1)c1cc2ccccc2[nH]1. The van der Waals surface area contributed by atoms with Gasteiger partial charge >= 0.3 is 0 Å². The predicted octanol–water partition coefficient (Wildman–Crippen LogP) is 5.33. The second-order valence-electron chi connectivity index (χ2n) is 5.11. The summed E-state index contributed by atoms with van der Waals surface area (Å²) in [7, 11) is 0. The van der Waals surface area contributed by atoms with Crippen LogP contribution in [0.3, 0.4) is 0 Å². The zero-order valence-corrected chi connectivity index (χ0v) is 12.5. The molecule has 0 fully saturated rings. The molecular weight excluding hydrogens is 303 g/mol. The van der Waals surface area contributed by atoms with Crippen LogP contribution in [0.25, 0.3) is 21.8 Å². The Morgan fingerprint density at radius 3 is 1.52 bits per heavy atom. The van der Waals surface area contributed by atoms with Crippen LogP contribution in [0.4, 0.5) is 0 Å². The van der Waals surface area contributed by atoms with Crippen molar-refractivity contribution < 1.29 is 0 Å². The maximum Gasteiger partial charge on any atom is 0.197 e. The highest BCUT2D eigenvalue weighted by Crippen LogP contribution is 2.41. The summed E-state index contributed by atoms with van der Waals surface area (Å²) in [4.78, 5) is 6.59. The smallest absolute Gasteiger partial charge is 0.197 e. The molecule has 0 bridgehead atoms. The fourth-order valence-electron chi connectivity index (χ4n) is 2.63. The Morgan fingerprint density at radius 1 is 0.667 bits per heavy atom. The van der Waals surface area contributed by atoms with E-state index in [-0.39, 0.29) is 0 Å². The third-order valence-corrected chi connectivity index (χ3v) is 4.55. The summed E-state index contributed by atoms with van der Waals surface area (Å²) in [5, 5.41) is 2.18. The van der Waals surface area contributed by atoms with E-state index in [4.69, 9.17) is 23.2 Å². The average molecular weight is 315 g/mol. The van der Waals surface area contributed by atoms with Gasteiger partial charge in [0.15, 0.2) is 4.33 Å². The Morgan fingerprint density at radius 2 is 1.10 bits per heavy atom. The highest BCUT2D eigenvalue weighted by atomic mass is 35.5. The van der Waals surface area contributed by atoms with Gasteiger partial charge in [-0.05, 0) is 35.0 Å². The molecule has 2 heterocycles. The summed E-state index contributed by atoms with van der Waals surface area (Å²) < 4.78 is -1.14. The van der Waals surface area contributed by atoms with Crippen molar-refractivity contribution in [2.45, 2.75) is 4.33 Å². The molecule has 0 aliphatic heterocycles. The van der Waals surface area contributed by atoms with Gasteiger partial charge in [0.1, 0.15) is 0 Å². The Bertz CT molecular complexity index is 792. The van der Waals surface area contributed by atoms with Crippen LogP contribution in [0.15, 0.2) is 60.7 Å². The third kappa shape index (κ3) is 2.03. The fourth-order valence-corrected chi connectivity index (χ4v) is 3.04. The van der Waals surface area contributed by atoms with E-state index < -0.39 is 4.33 Å². The number of nitrogens with one attached hydrogen (secondary N) is 2. The average Bonchev–Trinajstić information content (AvgIpc) is 3.11. The number of aromatic nitrogens is 2. The highest BCUT2D eigenvalue weighted by molar-refractivity contribution is 6.50. The quantitative estimate of drug-likeness (QED) is 0.469. The molecule has 0 saturated carbocycles. The first-order chi connectivity index (χ1) is 10.1. The molecule has 2 aromatic carbocycles. The Balaban J connectivity index is 1.87. The molecule has 4 heteroatoms. The van der Waals surface area contributed by atoms with Gasteiger partial charge in [-0.2, -0.15) is 0 Å². The lowest BCUT2D eigenvalue weighted by molar-refractivity contribution is 0.949. The molecule has 4 rings (SSSR count). The van der Waals surface area contributed by atoms with Crippen LogP contribution < -0.4 is 0 Å². The summed E-state index contributed by atoms with van der Waals surface area (Å²) in [5.74, 6) is 0. The van der Waals surface area contributed by atoms with Crippen LogP contribution in [0.2, 0.25) is 0 Å². The number of para-hydroxylation sites is 2. The number of hydrogen-bond acceptors (Lipinski definition) is 0. The Hall–Kier alpha value is -1.90. The molecule has 104 valence electrons. The molecule has 0 radical (unpaired) electrons. The first-order valence-electron chi connectivity index (χ1n) is 6.69. The number of halogens is 2. The molecule has 4 aromatic rings. The fraction of sp³-hybridized carbons (Fsp3) is 0.0588. The van der Waals surface area contributed by atoms with Crippen LogP contribution in [0.1, 0.15) is 11.4 Å². The van der Waals surface area contributed by atoms with Crippen molar-refractivity contribution in [3.63, 3.8) is 0 Å². The molecule has 0 saturated heterocycles. The summed E-state index contributed by atoms with van der Waals surface area (Å²) >= 11 is 13.3. The third-order valence-electron chi connectivity index (χ3n) is 3.74. The molecular formula is C17H12Cl2N2. The van der Waals surface area contributed by atoms with Crippen LogP contribution in [-0.4, -0.2) is 9.97 Å². The topological polar surface area (TPSA) is 31.6 Å². The number of hydrogen-bond donors (Lipinski definition) is 2. The number of fused-ring (bicyclic) bond motifs is 2. The maximum absolute atomic E-state index is 6.63. The van der Waals surface area contributed by atoms with E-state index >= 15 is 0 Å². The van der Waals surface area contributed by atoms with Gasteiger partial charge < -0.3 is 9.97 Å². The number of aromatic amines is 2. The van der Waals surface area contributed by atoms with Crippen molar-refractivity contribution in [2.24, 2.45) is 0 Å². The van der Waals surface area contributed by atoms with Gasteiger partial charge in [0.2, 0.25) is 0 Å². The van der Waals surface area contributed by atoms with Crippen molar-refractivity contribution in [1.29, 1.82) is 0 Å². The van der Waals surface area contributed by atoms with Crippen molar-refractivity contribution in [1.82, 2.24) is 9.97 Å². The van der Waals surface area contributed by atoms with Crippen LogP contribution in [0, 0.1) is 0 Å². The van der Waals surface area contributed by atoms with Gasteiger partial charge in [-0.1, -0.05) is 59.6 Å². The van der Waals surface area contributed by atoms with Crippen molar-refractivity contribution >= 4 is 45.0 Å². The monoisotopic (exact) mass is 314 g/mol. The van der Waals surface area contributed by atoms with E-state index in [1.165, 1.54) is 0 Å². The number of rotatable bonds is 2. The van der Waals surface area contributed by atoms with E-state index in [9.17, 15) is 0 Å². The van der Waals surface area contributed by atoms with E-state index in [2.05, 4.69) is 9.97 Å². The van der Waals surface area contributed by atoms with E-state index in [0.29, 0.717) is 0 Å². The summed E-state index contributed by atoms with van der Waals surface area (Å²) in [5.41, 5.74) is 3.57. The summed E-state index contributed by atoms with van der Waals surface area (Å²) in [6, 6.07) is 20.0. The number of benzene rings is 2. The zero-order chi connectivity index (χ0) is 14.4. The predicted molar refractivity (Wildman–Crippen MR) is 89.1 cm³/mol. The largest absolute Gasteiger partial charge is 0.356 e. The minimum Gasteiger partial charge on any atom is -0.356 e. The van der Waals surface area contributed by atoms with Crippen LogP contribution in [-0.2, 0) is 4.33 Å². The molecule has 0 spiro atoms. The minimum absolute atomic E-state index is 0.763. The van der Waals surface area contributed by atoms with Crippen LogP contribution >= 0.6 is 23.2 Å². The van der Waals surface area contributed by atoms with Crippen molar-refractivity contribution in [2.75, 3.05) is 0 Å². The lowest BCUT2D eigenvalue weighted by Crippen LogP contribution is -2.13. The molecule has 21 heavy (non-hydrogen) atoms. The standard InChI is InChI=1S/C17H12Cl2N2/c18-17(19,15-9-11-5-1-3-7-13(11)20-15)16-10-12-6-2-4-8-14(12)21-16/h1-10,20-21H. The van der Waals surface area contributed by atoms with E-state index in [1.807, 2.05) is 60.7 Å². The molecule has 0 atom stereocenters. The summed E-state index contributed by atoms with van der Waals surface area (Å²) in [6.45, 7) is 0. The number of H-pyrrole nitrogens is 2. The van der Waals surface area contributed by atoms with E-state index in [0.717, 1.165) is 33.2 Å². The Labute approximate surface area is 131 Å². The van der Waals surface area contributed by atoms with Crippen LogP contribution in [0.5, 0.6) is 0 Å².